The number of hydrogen-bond donors (Lipinski definition) is 1. The van der Waals surface area contributed by atoms with E-state index in [1.54, 1.807) is 19.0 Å². The van der Waals surface area contributed by atoms with Crippen molar-refractivity contribution < 1.29 is 9.59 Å². The van der Waals surface area contributed by atoms with Crippen LogP contribution in [0.5, 0.6) is 0 Å². The monoisotopic (exact) mass is 386 g/mol. The van der Waals surface area contributed by atoms with Gasteiger partial charge < -0.3 is 10.2 Å². The Hall–Kier alpha value is -1.92. The van der Waals surface area contributed by atoms with Gasteiger partial charge in [-0.05, 0) is 50.8 Å². The highest BCUT2D eigenvalue weighted by Gasteiger charge is 2.33. The maximum absolute atomic E-state index is 12.7. The highest BCUT2D eigenvalue weighted by molar-refractivity contribution is 5.79. The molecule has 2 aliphatic rings. The van der Waals surface area contributed by atoms with Crippen LogP contribution in [0.15, 0.2) is 24.3 Å². The van der Waals surface area contributed by atoms with Gasteiger partial charge in [-0.2, -0.15) is 0 Å². The van der Waals surface area contributed by atoms with E-state index >= 15 is 0 Å². The van der Waals surface area contributed by atoms with Crippen LogP contribution in [0.3, 0.4) is 0 Å². The summed E-state index contributed by atoms with van der Waals surface area (Å²) in [7, 11) is 3.59. The molecule has 1 saturated carbocycles. The van der Waals surface area contributed by atoms with Crippen molar-refractivity contribution in [3.05, 3.63) is 35.4 Å². The van der Waals surface area contributed by atoms with E-state index in [9.17, 15) is 9.59 Å². The van der Waals surface area contributed by atoms with Gasteiger partial charge in [0.15, 0.2) is 0 Å². The Bertz CT molecular complexity index is 670. The van der Waals surface area contributed by atoms with Crippen molar-refractivity contribution in [1.29, 1.82) is 0 Å². The molecule has 2 amide bonds. The summed E-state index contributed by atoms with van der Waals surface area (Å²) >= 11 is 0. The molecule has 0 aromatic heterocycles. The molecule has 1 aliphatic heterocycles. The van der Waals surface area contributed by atoms with Crippen LogP contribution in [0.2, 0.25) is 0 Å². The minimum atomic E-state index is 0.107. The van der Waals surface area contributed by atoms with Crippen molar-refractivity contribution >= 4 is 11.8 Å². The minimum Gasteiger partial charge on any atom is -0.348 e. The quantitative estimate of drug-likeness (QED) is 0.774. The molecule has 2 fully saturated rings. The number of nitrogens with zero attached hydrogens (tertiary/aromatic N) is 3. The predicted octanol–water partition coefficient (Wildman–Crippen LogP) is 1.66. The van der Waals surface area contributed by atoms with E-state index in [0.717, 1.165) is 32.6 Å². The average Bonchev–Trinajstić information content (AvgIpc) is 3.49. The first-order valence-corrected chi connectivity index (χ1v) is 10.4. The summed E-state index contributed by atoms with van der Waals surface area (Å²) in [5.41, 5.74) is 2.46. The highest BCUT2D eigenvalue weighted by atomic mass is 16.2. The lowest BCUT2D eigenvalue weighted by Crippen LogP contribution is -2.42. The van der Waals surface area contributed by atoms with Gasteiger partial charge in [0.25, 0.3) is 0 Å². The van der Waals surface area contributed by atoms with Gasteiger partial charge in [0.05, 0.1) is 19.1 Å². The molecule has 0 radical (unpaired) electrons. The van der Waals surface area contributed by atoms with Crippen molar-refractivity contribution in [2.24, 2.45) is 5.92 Å². The summed E-state index contributed by atoms with van der Waals surface area (Å²) in [4.78, 5) is 30.7. The topological polar surface area (TPSA) is 55.9 Å². The smallest absolute Gasteiger partial charge is 0.236 e. The molecular weight excluding hydrogens is 352 g/mol. The summed E-state index contributed by atoms with van der Waals surface area (Å²) in [6.45, 7) is 6.45. The largest absolute Gasteiger partial charge is 0.348 e. The van der Waals surface area contributed by atoms with Crippen LogP contribution >= 0.6 is 0 Å². The highest BCUT2D eigenvalue weighted by Crippen LogP contribution is 2.41. The van der Waals surface area contributed by atoms with Gasteiger partial charge in [-0.3, -0.25) is 19.4 Å². The lowest BCUT2D eigenvalue weighted by molar-refractivity contribution is -0.130. The summed E-state index contributed by atoms with van der Waals surface area (Å²) in [6, 6.07) is 8.66. The Labute approximate surface area is 168 Å². The third-order valence-electron chi connectivity index (χ3n) is 5.75. The van der Waals surface area contributed by atoms with Crippen LogP contribution in [0.1, 0.15) is 36.4 Å². The fourth-order valence-electron chi connectivity index (χ4n) is 3.77. The second kappa shape index (κ2) is 9.52. The fourth-order valence-corrected chi connectivity index (χ4v) is 3.77. The van der Waals surface area contributed by atoms with Crippen LogP contribution in [-0.4, -0.2) is 79.9 Å². The lowest BCUT2D eigenvalue weighted by atomic mass is 10.0. The van der Waals surface area contributed by atoms with E-state index < -0.39 is 0 Å². The summed E-state index contributed by atoms with van der Waals surface area (Å²) in [5.74, 6) is 0.815. The van der Waals surface area contributed by atoms with Crippen molar-refractivity contribution in [3.8, 4) is 0 Å². The first-order valence-electron chi connectivity index (χ1n) is 10.4. The Balaban J connectivity index is 1.50. The van der Waals surface area contributed by atoms with Gasteiger partial charge in [0.2, 0.25) is 11.8 Å². The van der Waals surface area contributed by atoms with Crippen LogP contribution in [0.25, 0.3) is 0 Å². The minimum absolute atomic E-state index is 0.107. The van der Waals surface area contributed by atoms with Gasteiger partial charge in [-0.25, -0.2) is 0 Å². The number of aryl methyl sites for hydroxylation is 1. The van der Waals surface area contributed by atoms with Crippen molar-refractivity contribution in [2.75, 3.05) is 53.4 Å². The third kappa shape index (κ3) is 6.04. The second-order valence-electron chi connectivity index (χ2n) is 8.49. The van der Waals surface area contributed by atoms with Crippen LogP contribution < -0.4 is 5.32 Å². The zero-order chi connectivity index (χ0) is 20.1. The number of carbonyl (C=O) groups excluding carboxylic acids is 2. The molecule has 1 atom stereocenters. The van der Waals surface area contributed by atoms with Gasteiger partial charge in [-0.15, -0.1) is 0 Å². The SMILES string of the molecule is Cc1ccc(C(NC(=O)CN2CCCN(CC(=O)N(C)C)CC2)C2CC2)cc1. The van der Waals surface area contributed by atoms with E-state index in [4.69, 9.17) is 0 Å². The molecule has 3 rings (SSSR count). The molecule has 1 unspecified atom stereocenters. The van der Waals surface area contributed by atoms with Gasteiger partial charge >= 0.3 is 0 Å². The maximum Gasteiger partial charge on any atom is 0.236 e. The molecule has 0 spiro atoms. The van der Waals surface area contributed by atoms with Crippen molar-refractivity contribution in [1.82, 2.24) is 20.0 Å². The Morgan fingerprint density at radius 2 is 1.64 bits per heavy atom. The van der Waals surface area contributed by atoms with Gasteiger partial charge in [0, 0.05) is 27.2 Å². The normalized spacial score (nSPS) is 19.7. The van der Waals surface area contributed by atoms with Crippen molar-refractivity contribution in [3.63, 3.8) is 0 Å². The second-order valence-corrected chi connectivity index (χ2v) is 8.49. The number of hydrogen-bond acceptors (Lipinski definition) is 4. The van der Waals surface area contributed by atoms with E-state index in [1.165, 1.54) is 24.0 Å². The van der Waals surface area contributed by atoms with Gasteiger partial charge in [-0.1, -0.05) is 29.8 Å². The molecule has 28 heavy (non-hydrogen) atoms. The zero-order valence-corrected chi connectivity index (χ0v) is 17.5. The Morgan fingerprint density at radius 3 is 2.21 bits per heavy atom. The van der Waals surface area contributed by atoms with E-state index in [-0.39, 0.29) is 17.9 Å². The number of nitrogens with one attached hydrogen (secondary N) is 1. The Kier molecular flexibility index (Phi) is 7.08. The molecule has 1 aromatic carbocycles. The first-order chi connectivity index (χ1) is 13.4. The number of rotatable bonds is 7. The van der Waals surface area contributed by atoms with Crippen LogP contribution in [-0.2, 0) is 9.59 Å². The van der Waals surface area contributed by atoms with E-state index in [2.05, 4.69) is 46.3 Å². The molecule has 154 valence electrons. The van der Waals surface area contributed by atoms with Crippen LogP contribution in [0.4, 0.5) is 0 Å². The molecule has 1 aromatic rings. The number of likely N-dealkylation sites (N-methyl/N-ethyl adjacent to an activating group) is 1. The zero-order valence-electron chi connectivity index (χ0n) is 17.5. The molecule has 1 N–H and O–H groups in total. The molecule has 0 bridgehead atoms. The summed E-state index contributed by atoms with van der Waals surface area (Å²) in [5, 5.41) is 3.29. The predicted molar refractivity (Wildman–Crippen MR) is 111 cm³/mol. The summed E-state index contributed by atoms with van der Waals surface area (Å²) in [6.07, 6.45) is 3.37. The number of carbonyl (C=O) groups is 2. The molecular formula is C22H34N4O2. The van der Waals surface area contributed by atoms with Crippen LogP contribution in [0, 0.1) is 12.8 Å². The number of amides is 2. The molecule has 6 nitrogen and oxygen atoms in total. The van der Waals surface area contributed by atoms with E-state index in [0.29, 0.717) is 19.0 Å². The number of benzene rings is 1. The standard InChI is InChI=1S/C22H34N4O2/c1-17-5-7-18(8-6-17)22(19-9-10-19)23-20(27)15-25-11-4-12-26(14-13-25)16-21(28)24(2)3/h5-8,19,22H,4,9-16H2,1-3H3,(H,23,27). The average molecular weight is 387 g/mol. The first kappa shape index (κ1) is 20.8. The fraction of sp³-hybridized carbons (Fsp3) is 0.636. The molecule has 6 heteroatoms. The Morgan fingerprint density at radius 1 is 1.04 bits per heavy atom. The van der Waals surface area contributed by atoms with Crippen molar-refractivity contribution in [2.45, 2.75) is 32.2 Å². The molecule has 1 aliphatic carbocycles. The van der Waals surface area contributed by atoms with Gasteiger partial charge in [0.1, 0.15) is 0 Å². The molecule has 1 saturated heterocycles. The lowest BCUT2D eigenvalue weighted by Gasteiger charge is -2.24. The maximum atomic E-state index is 12.7. The molecule has 1 heterocycles. The third-order valence-corrected chi connectivity index (χ3v) is 5.75. The summed E-state index contributed by atoms with van der Waals surface area (Å²) < 4.78 is 0. The van der Waals surface area contributed by atoms with E-state index in [1.807, 2.05) is 0 Å².